The molecule has 82 valence electrons. The van der Waals surface area contributed by atoms with Crippen LogP contribution in [0.3, 0.4) is 0 Å². The molecule has 0 saturated carbocycles. The quantitative estimate of drug-likeness (QED) is 0.775. The molecule has 3 heteroatoms. The molecule has 1 N–H and O–H groups in total. The minimum absolute atomic E-state index is 0.132. The molecule has 0 aliphatic carbocycles. The molecule has 0 saturated heterocycles. The van der Waals surface area contributed by atoms with Crippen LogP contribution in [-0.2, 0) is 14.9 Å². The molecule has 0 aliphatic rings. The number of para-hydroxylation sites is 1. The summed E-state index contributed by atoms with van der Waals surface area (Å²) in [7, 11) is 1.36. The van der Waals surface area contributed by atoms with Crippen molar-refractivity contribution in [2.45, 2.75) is 25.7 Å². The van der Waals surface area contributed by atoms with Gasteiger partial charge in [0.2, 0.25) is 0 Å². The van der Waals surface area contributed by atoms with E-state index in [4.69, 9.17) is 4.74 Å². The first-order valence-electron chi connectivity index (χ1n) is 4.93. The fourth-order valence-electron chi connectivity index (χ4n) is 1.61. The number of hydrogen-bond acceptors (Lipinski definition) is 3. The van der Waals surface area contributed by atoms with Crippen LogP contribution < -0.4 is 0 Å². The summed E-state index contributed by atoms with van der Waals surface area (Å²) >= 11 is 0. The molecular formula is C12H16O3. The average Bonchev–Trinajstić information content (AvgIpc) is 2.27. The van der Waals surface area contributed by atoms with E-state index < -0.39 is 5.41 Å². The van der Waals surface area contributed by atoms with Crippen LogP contribution in [0.1, 0.15) is 25.8 Å². The lowest BCUT2D eigenvalue weighted by Crippen LogP contribution is -2.33. The van der Waals surface area contributed by atoms with Gasteiger partial charge in [-0.25, -0.2) is 0 Å². The zero-order valence-corrected chi connectivity index (χ0v) is 9.28. The van der Waals surface area contributed by atoms with E-state index >= 15 is 0 Å². The Balaban J connectivity index is 3.23. The van der Waals surface area contributed by atoms with Crippen LogP contribution in [0, 0.1) is 0 Å². The van der Waals surface area contributed by atoms with E-state index in [0.717, 1.165) is 0 Å². The van der Waals surface area contributed by atoms with Crippen LogP contribution in [0.4, 0.5) is 0 Å². The van der Waals surface area contributed by atoms with Gasteiger partial charge in [0.1, 0.15) is 5.75 Å². The first-order chi connectivity index (χ1) is 7.06. The van der Waals surface area contributed by atoms with E-state index in [9.17, 15) is 9.90 Å². The second kappa shape index (κ2) is 4.34. The maximum absolute atomic E-state index is 11.7. The number of benzene rings is 1. The molecule has 0 aromatic heterocycles. The van der Waals surface area contributed by atoms with Crippen molar-refractivity contribution in [3.63, 3.8) is 0 Å². The van der Waals surface area contributed by atoms with Crippen molar-refractivity contribution in [2.75, 3.05) is 7.11 Å². The lowest BCUT2D eigenvalue weighted by Gasteiger charge is -2.26. The van der Waals surface area contributed by atoms with Gasteiger partial charge in [-0.15, -0.1) is 0 Å². The summed E-state index contributed by atoms with van der Waals surface area (Å²) in [4.78, 5) is 11.7. The van der Waals surface area contributed by atoms with Crippen LogP contribution in [0.2, 0.25) is 0 Å². The molecular weight excluding hydrogens is 192 g/mol. The highest BCUT2D eigenvalue weighted by Gasteiger charge is 2.36. The second-order valence-corrected chi connectivity index (χ2v) is 3.69. The third-order valence-electron chi connectivity index (χ3n) is 2.84. The van der Waals surface area contributed by atoms with Crippen LogP contribution >= 0.6 is 0 Å². The van der Waals surface area contributed by atoms with Crippen LogP contribution in [0.15, 0.2) is 24.3 Å². The highest BCUT2D eigenvalue weighted by Crippen LogP contribution is 2.34. The third kappa shape index (κ3) is 1.96. The van der Waals surface area contributed by atoms with Crippen molar-refractivity contribution in [1.82, 2.24) is 0 Å². The van der Waals surface area contributed by atoms with Gasteiger partial charge in [-0.2, -0.15) is 0 Å². The molecule has 0 aliphatic heterocycles. The topological polar surface area (TPSA) is 46.5 Å². The van der Waals surface area contributed by atoms with Crippen molar-refractivity contribution in [3.05, 3.63) is 29.8 Å². The Labute approximate surface area is 89.7 Å². The van der Waals surface area contributed by atoms with Crippen LogP contribution in [0.5, 0.6) is 5.75 Å². The number of esters is 1. The lowest BCUT2D eigenvalue weighted by atomic mass is 9.79. The number of carbonyl (C=O) groups excluding carboxylic acids is 1. The number of methoxy groups -OCH3 is 1. The van der Waals surface area contributed by atoms with E-state index in [1.165, 1.54) is 7.11 Å². The zero-order valence-electron chi connectivity index (χ0n) is 9.28. The number of ether oxygens (including phenoxy) is 1. The molecule has 1 unspecified atom stereocenters. The Hall–Kier alpha value is -1.51. The minimum Gasteiger partial charge on any atom is -0.508 e. The number of phenolic OH excluding ortho intramolecular Hbond substituents is 1. The average molecular weight is 208 g/mol. The largest absolute Gasteiger partial charge is 0.508 e. The molecule has 0 radical (unpaired) electrons. The molecule has 3 nitrogen and oxygen atoms in total. The van der Waals surface area contributed by atoms with E-state index in [2.05, 4.69) is 0 Å². The summed E-state index contributed by atoms with van der Waals surface area (Å²) in [5.41, 5.74) is -0.167. The van der Waals surface area contributed by atoms with Crippen molar-refractivity contribution in [2.24, 2.45) is 0 Å². The van der Waals surface area contributed by atoms with Gasteiger partial charge in [-0.1, -0.05) is 25.1 Å². The van der Waals surface area contributed by atoms with Crippen molar-refractivity contribution >= 4 is 5.97 Å². The molecule has 15 heavy (non-hydrogen) atoms. The van der Waals surface area contributed by atoms with Gasteiger partial charge in [-0.3, -0.25) is 4.79 Å². The maximum atomic E-state index is 11.7. The Kier molecular flexibility index (Phi) is 3.35. The van der Waals surface area contributed by atoms with Gasteiger partial charge >= 0.3 is 5.97 Å². The molecule has 0 spiro atoms. The SMILES string of the molecule is CCC(C)(C(=O)OC)c1ccccc1O. The first-order valence-corrected chi connectivity index (χ1v) is 4.93. The van der Waals surface area contributed by atoms with E-state index in [1.807, 2.05) is 6.92 Å². The number of rotatable bonds is 3. The summed E-state index contributed by atoms with van der Waals surface area (Å²) in [5, 5.41) is 9.71. The van der Waals surface area contributed by atoms with Crippen molar-refractivity contribution < 1.29 is 14.6 Å². The smallest absolute Gasteiger partial charge is 0.316 e. The fraction of sp³-hybridized carbons (Fsp3) is 0.417. The summed E-state index contributed by atoms with van der Waals surface area (Å²) < 4.78 is 4.77. The number of carbonyl (C=O) groups is 1. The van der Waals surface area contributed by atoms with Gasteiger partial charge < -0.3 is 9.84 Å². The van der Waals surface area contributed by atoms with E-state index in [1.54, 1.807) is 31.2 Å². The van der Waals surface area contributed by atoms with Crippen molar-refractivity contribution in [1.29, 1.82) is 0 Å². The second-order valence-electron chi connectivity index (χ2n) is 3.69. The van der Waals surface area contributed by atoms with E-state index in [-0.39, 0.29) is 11.7 Å². The van der Waals surface area contributed by atoms with Crippen molar-refractivity contribution in [3.8, 4) is 5.75 Å². The number of phenols is 1. The molecule has 1 atom stereocenters. The summed E-state index contributed by atoms with van der Waals surface area (Å²) in [6.45, 7) is 3.66. The molecule has 1 aromatic rings. The van der Waals surface area contributed by atoms with E-state index in [0.29, 0.717) is 12.0 Å². The molecule has 0 fully saturated rings. The predicted molar refractivity (Wildman–Crippen MR) is 57.8 cm³/mol. The molecule has 0 heterocycles. The normalized spacial score (nSPS) is 14.3. The zero-order chi connectivity index (χ0) is 11.5. The Morgan fingerprint density at radius 3 is 2.53 bits per heavy atom. The van der Waals surface area contributed by atoms with Gasteiger partial charge in [0, 0.05) is 5.56 Å². The Morgan fingerprint density at radius 2 is 2.07 bits per heavy atom. The van der Waals surface area contributed by atoms with Crippen LogP contribution in [-0.4, -0.2) is 18.2 Å². The molecule has 0 amide bonds. The van der Waals surface area contributed by atoms with Gasteiger partial charge in [-0.05, 0) is 19.4 Å². The van der Waals surface area contributed by atoms with Gasteiger partial charge in [0.05, 0.1) is 12.5 Å². The standard InChI is InChI=1S/C12H16O3/c1-4-12(2,11(14)15-3)9-7-5-6-8-10(9)13/h5-8,13H,4H2,1-3H3. The lowest BCUT2D eigenvalue weighted by molar-refractivity contribution is -0.147. The highest BCUT2D eigenvalue weighted by molar-refractivity contribution is 5.83. The van der Waals surface area contributed by atoms with Crippen LogP contribution in [0.25, 0.3) is 0 Å². The van der Waals surface area contributed by atoms with Gasteiger partial charge in [0.15, 0.2) is 0 Å². The monoisotopic (exact) mass is 208 g/mol. The Morgan fingerprint density at radius 1 is 1.47 bits per heavy atom. The number of hydrogen-bond donors (Lipinski definition) is 1. The summed E-state index contributed by atoms with van der Waals surface area (Å²) in [6.07, 6.45) is 0.581. The predicted octanol–water partition coefficient (Wildman–Crippen LogP) is 2.23. The molecule has 1 aromatic carbocycles. The summed E-state index contributed by atoms with van der Waals surface area (Å²) in [5.74, 6) is -0.196. The fourth-order valence-corrected chi connectivity index (χ4v) is 1.61. The third-order valence-corrected chi connectivity index (χ3v) is 2.84. The minimum atomic E-state index is -0.778. The summed E-state index contributed by atoms with van der Waals surface area (Å²) in [6, 6.07) is 6.85. The highest BCUT2D eigenvalue weighted by atomic mass is 16.5. The molecule has 1 rings (SSSR count). The molecule has 0 bridgehead atoms. The Bertz CT molecular complexity index is 360. The first kappa shape index (κ1) is 11.6. The number of aromatic hydroxyl groups is 1. The van der Waals surface area contributed by atoms with Gasteiger partial charge in [0.25, 0.3) is 0 Å². The maximum Gasteiger partial charge on any atom is 0.316 e.